The van der Waals surface area contributed by atoms with E-state index in [2.05, 4.69) is 13.0 Å². The van der Waals surface area contributed by atoms with Gasteiger partial charge in [-0.05, 0) is 33.3 Å². The predicted octanol–water partition coefficient (Wildman–Crippen LogP) is 2.38. The molecular weight excluding hydrogens is 226 g/mol. The van der Waals surface area contributed by atoms with Gasteiger partial charge in [0.05, 0.1) is 7.11 Å². The fraction of sp³-hybridized carbons (Fsp3) is 0.600. The number of hydrogen-bond donors (Lipinski definition) is 2. The molecule has 0 aromatic heterocycles. The third kappa shape index (κ3) is 2.68. The maximum absolute atomic E-state index is 9.36. The number of nitrogens with two attached hydrogens (primary N) is 1. The van der Waals surface area contributed by atoms with Crippen molar-refractivity contribution in [3.05, 3.63) is 29.3 Å². The van der Waals surface area contributed by atoms with E-state index < -0.39 is 5.54 Å². The molecule has 3 nitrogen and oxygen atoms in total. The van der Waals surface area contributed by atoms with Gasteiger partial charge in [0.2, 0.25) is 0 Å². The first-order valence-electron chi connectivity index (χ1n) is 6.31. The van der Waals surface area contributed by atoms with Gasteiger partial charge in [0.25, 0.3) is 0 Å². The summed E-state index contributed by atoms with van der Waals surface area (Å²) in [6, 6.07) is 6.08. The fourth-order valence-corrected chi connectivity index (χ4v) is 2.28. The van der Waals surface area contributed by atoms with Crippen LogP contribution in [-0.2, 0) is 5.41 Å². The molecule has 0 aliphatic heterocycles. The van der Waals surface area contributed by atoms with Crippen LogP contribution in [0.1, 0.15) is 38.3 Å². The van der Waals surface area contributed by atoms with Gasteiger partial charge in [-0.1, -0.05) is 24.6 Å². The zero-order chi connectivity index (χ0) is 14.0. The van der Waals surface area contributed by atoms with E-state index in [0.717, 1.165) is 11.3 Å². The monoisotopic (exact) mass is 251 g/mol. The maximum Gasteiger partial charge on any atom is 0.122 e. The number of benzene rings is 1. The van der Waals surface area contributed by atoms with Gasteiger partial charge in [-0.2, -0.15) is 0 Å². The highest BCUT2D eigenvalue weighted by molar-refractivity contribution is 5.44. The zero-order valence-corrected chi connectivity index (χ0v) is 12.1. The third-order valence-electron chi connectivity index (χ3n) is 3.98. The van der Waals surface area contributed by atoms with Gasteiger partial charge in [0, 0.05) is 23.1 Å². The maximum atomic E-state index is 9.36. The summed E-state index contributed by atoms with van der Waals surface area (Å²) in [7, 11) is 1.66. The lowest BCUT2D eigenvalue weighted by Gasteiger charge is -2.42. The molecule has 1 unspecified atom stereocenters. The van der Waals surface area contributed by atoms with Gasteiger partial charge in [0.15, 0.2) is 0 Å². The molecule has 1 rings (SSSR count). The molecule has 0 saturated heterocycles. The van der Waals surface area contributed by atoms with Crippen molar-refractivity contribution in [3.63, 3.8) is 0 Å². The number of aliphatic hydroxyl groups is 1. The zero-order valence-electron chi connectivity index (χ0n) is 12.1. The van der Waals surface area contributed by atoms with Crippen molar-refractivity contribution >= 4 is 0 Å². The largest absolute Gasteiger partial charge is 0.496 e. The van der Waals surface area contributed by atoms with Crippen molar-refractivity contribution in [2.75, 3.05) is 13.7 Å². The molecule has 0 aliphatic carbocycles. The smallest absolute Gasteiger partial charge is 0.122 e. The minimum absolute atomic E-state index is 0.105. The molecule has 0 radical (unpaired) electrons. The van der Waals surface area contributed by atoms with Crippen molar-refractivity contribution in [2.24, 2.45) is 5.73 Å². The molecule has 1 aromatic carbocycles. The summed E-state index contributed by atoms with van der Waals surface area (Å²) in [5.41, 5.74) is 7.78. The lowest BCUT2D eigenvalue weighted by molar-refractivity contribution is 0.187. The number of aliphatic hydroxyl groups excluding tert-OH is 1. The third-order valence-corrected chi connectivity index (χ3v) is 3.98. The quantitative estimate of drug-likeness (QED) is 0.844. The fourth-order valence-electron chi connectivity index (χ4n) is 2.28. The highest BCUT2D eigenvalue weighted by Gasteiger charge is 2.41. The van der Waals surface area contributed by atoms with Crippen LogP contribution in [0.4, 0.5) is 0 Å². The summed E-state index contributed by atoms with van der Waals surface area (Å²) >= 11 is 0. The van der Waals surface area contributed by atoms with Crippen LogP contribution in [0.25, 0.3) is 0 Å². The minimum Gasteiger partial charge on any atom is -0.496 e. The summed E-state index contributed by atoms with van der Waals surface area (Å²) in [5, 5.41) is 9.36. The average molecular weight is 251 g/mol. The second-order valence-electron chi connectivity index (χ2n) is 5.73. The van der Waals surface area contributed by atoms with E-state index in [1.165, 1.54) is 5.56 Å². The molecule has 102 valence electrons. The van der Waals surface area contributed by atoms with Crippen molar-refractivity contribution < 1.29 is 9.84 Å². The van der Waals surface area contributed by atoms with Gasteiger partial charge in [-0.3, -0.25) is 0 Å². The number of aryl methyl sites for hydroxylation is 1. The van der Waals surface area contributed by atoms with E-state index >= 15 is 0 Å². The molecule has 0 heterocycles. The summed E-state index contributed by atoms with van der Waals surface area (Å²) < 4.78 is 5.45. The second-order valence-corrected chi connectivity index (χ2v) is 5.73. The Labute approximate surface area is 110 Å². The Morgan fingerprint density at radius 1 is 1.28 bits per heavy atom. The van der Waals surface area contributed by atoms with Gasteiger partial charge < -0.3 is 15.6 Å². The minimum atomic E-state index is -0.448. The highest BCUT2D eigenvalue weighted by atomic mass is 16.5. The first-order valence-corrected chi connectivity index (χ1v) is 6.31. The van der Waals surface area contributed by atoms with Crippen molar-refractivity contribution in [1.82, 2.24) is 0 Å². The summed E-state index contributed by atoms with van der Waals surface area (Å²) in [6.07, 6.45) is 0.607. The normalized spacial score (nSPS) is 15.3. The molecule has 1 atom stereocenters. The topological polar surface area (TPSA) is 55.5 Å². The average Bonchev–Trinajstić information content (AvgIpc) is 2.27. The van der Waals surface area contributed by atoms with E-state index in [0.29, 0.717) is 6.42 Å². The van der Waals surface area contributed by atoms with Crippen LogP contribution in [0, 0.1) is 6.92 Å². The number of rotatable bonds is 5. The SMILES string of the molecule is COc1ccc(C)cc1C(C)(CCO)C(C)(C)N. The molecule has 0 fully saturated rings. The molecule has 3 N–H and O–H groups in total. The molecule has 3 heteroatoms. The molecule has 0 amide bonds. The van der Waals surface area contributed by atoms with E-state index in [1.807, 2.05) is 32.9 Å². The number of methoxy groups -OCH3 is 1. The Bertz CT molecular complexity index is 409. The van der Waals surface area contributed by atoms with Crippen molar-refractivity contribution in [2.45, 2.75) is 45.1 Å². The van der Waals surface area contributed by atoms with Crippen LogP contribution in [0.3, 0.4) is 0 Å². The van der Waals surface area contributed by atoms with Crippen LogP contribution in [0.15, 0.2) is 18.2 Å². The molecule has 1 aromatic rings. The molecular formula is C15H25NO2. The van der Waals surface area contributed by atoms with Crippen LogP contribution in [0.2, 0.25) is 0 Å². The number of ether oxygens (including phenoxy) is 1. The van der Waals surface area contributed by atoms with E-state index in [-0.39, 0.29) is 12.0 Å². The van der Waals surface area contributed by atoms with E-state index in [1.54, 1.807) is 7.11 Å². The van der Waals surface area contributed by atoms with Crippen molar-refractivity contribution in [3.8, 4) is 5.75 Å². The molecule has 0 bridgehead atoms. The Morgan fingerprint density at radius 2 is 1.89 bits per heavy atom. The second kappa shape index (κ2) is 5.29. The van der Waals surface area contributed by atoms with Gasteiger partial charge >= 0.3 is 0 Å². The Kier molecular flexibility index (Phi) is 4.41. The number of hydrogen-bond acceptors (Lipinski definition) is 3. The highest BCUT2D eigenvalue weighted by Crippen LogP contribution is 2.41. The van der Waals surface area contributed by atoms with Crippen LogP contribution in [-0.4, -0.2) is 24.4 Å². The first-order chi connectivity index (χ1) is 8.26. The van der Waals surface area contributed by atoms with Gasteiger partial charge in [-0.25, -0.2) is 0 Å². The summed E-state index contributed by atoms with van der Waals surface area (Å²) in [4.78, 5) is 0. The summed E-state index contributed by atoms with van der Waals surface area (Å²) in [5.74, 6) is 0.829. The Balaban J connectivity index is 3.42. The summed E-state index contributed by atoms with van der Waals surface area (Å²) in [6.45, 7) is 8.22. The van der Waals surface area contributed by atoms with Crippen LogP contribution in [0.5, 0.6) is 5.75 Å². The lowest BCUT2D eigenvalue weighted by Crippen LogP contribution is -2.52. The van der Waals surface area contributed by atoms with Crippen molar-refractivity contribution in [1.29, 1.82) is 0 Å². The standard InChI is InChI=1S/C15H25NO2/c1-11-6-7-13(18-5)12(10-11)15(4,8-9-17)14(2,3)16/h6-7,10,17H,8-9,16H2,1-5H3. The lowest BCUT2D eigenvalue weighted by atomic mass is 9.66. The van der Waals surface area contributed by atoms with Gasteiger partial charge in [0.1, 0.15) is 5.75 Å². The van der Waals surface area contributed by atoms with E-state index in [4.69, 9.17) is 10.5 Å². The van der Waals surface area contributed by atoms with E-state index in [9.17, 15) is 5.11 Å². The predicted molar refractivity (Wildman–Crippen MR) is 75.1 cm³/mol. The molecule has 0 saturated carbocycles. The van der Waals surface area contributed by atoms with Gasteiger partial charge in [-0.15, -0.1) is 0 Å². The van der Waals surface area contributed by atoms with Crippen LogP contribution >= 0.6 is 0 Å². The molecule has 0 spiro atoms. The molecule has 18 heavy (non-hydrogen) atoms. The first kappa shape index (κ1) is 15.0. The Hall–Kier alpha value is -1.06. The van der Waals surface area contributed by atoms with Crippen LogP contribution < -0.4 is 10.5 Å². The molecule has 0 aliphatic rings. The Morgan fingerprint density at radius 3 is 2.33 bits per heavy atom.